The molecular weight excluding hydrogens is 579 g/mol. The zero-order valence-corrected chi connectivity index (χ0v) is 24.1. The van der Waals surface area contributed by atoms with Crippen LogP contribution in [0.25, 0.3) is 10.8 Å². The molecule has 0 unspecified atom stereocenters. The van der Waals surface area contributed by atoms with Crippen molar-refractivity contribution in [3.05, 3.63) is 71.8 Å². The maximum atomic E-state index is 11.5. The third-order valence-corrected chi connectivity index (χ3v) is 6.55. The average molecular weight is 612 g/mol. The Bertz CT molecular complexity index is 1460. The molecule has 1 fully saturated rings. The molecule has 1 aliphatic heterocycles. The van der Waals surface area contributed by atoms with Crippen LogP contribution in [-0.2, 0) is 21.0 Å². The van der Waals surface area contributed by atoms with E-state index in [1.807, 2.05) is 54.6 Å². The van der Waals surface area contributed by atoms with Crippen LogP contribution in [0, 0.1) is 10.8 Å². The van der Waals surface area contributed by atoms with E-state index in [2.05, 4.69) is 24.9 Å². The Morgan fingerprint density at radius 3 is 2.27 bits per heavy atom. The number of nitrogens with one attached hydrogen (secondary N) is 4. The molecule has 3 aromatic carbocycles. The summed E-state index contributed by atoms with van der Waals surface area (Å²) in [7, 11) is -4.37. The quantitative estimate of drug-likeness (QED) is 0.195. The highest BCUT2D eigenvalue weighted by molar-refractivity contribution is 7.84. The lowest BCUT2D eigenvalue weighted by atomic mass is 10.0. The highest BCUT2D eigenvalue weighted by Crippen LogP contribution is 2.23. The van der Waals surface area contributed by atoms with E-state index < -0.39 is 16.4 Å². The van der Waals surface area contributed by atoms with Gasteiger partial charge in [-0.25, -0.2) is 4.79 Å². The number of amides is 1. The molecule has 0 bridgehead atoms. The second-order valence-electron chi connectivity index (χ2n) is 9.03. The topological polar surface area (TPSA) is 171 Å². The summed E-state index contributed by atoms with van der Waals surface area (Å²) < 4.78 is 31.8. The standard InChI is InChI=1S/C26H30N6O5S.2ClH/c1-17(27)32-12-10-24(11-13-32)36-23-8-6-22(7-9-23)31-25(28)20-5-4-19-3-2-18(14-21(19)15-20)16-30-26(33)37-38(29,34)35;;/h2-9,14-15,24,27H,10-13,16H2,1H3,(H2,28,31)(H,30,33)(H2,29,34,35);2*1H. The van der Waals surface area contributed by atoms with E-state index in [4.69, 9.17) is 15.6 Å². The molecule has 4 rings (SSSR count). The first kappa shape index (κ1) is 32.6. The van der Waals surface area contributed by atoms with Crippen molar-refractivity contribution >= 4 is 69.3 Å². The number of rotatable bonds is 7. The van der Waals surface area contributed by atoms with Gasteiger partial charge in [0.2, 0.25) is 0 Å². The van der Waals surface area contributed by atoms with Crippen molar-refractivity contribution in [2.75, 3.05) is 18.4 Å². The molecule has 0 atom stereocenters. The third-order valence-electron chi connectivity index (χ3n) is 6.16. The molecule has 1 saturated heterocycles. The summed E-state index contributed by atoms with van der Waals surface area (Å²) in [6.07, 6.45) is 0.715. The molecule has 1 aliphatic rings. The molecule has 11 nitrogen and oxygen atoms in total. The predicted octanol–water partition coefficient (Wildman–Crippen LogP) is 4.39. The number of hydrogen-bond donors (Lipinski definition) is 5. The highest BCUT2D eigenvalue weighted by atomic mass is 35.5. The number of carbonyl (C=O) groups is 1. The SMILES string of the molecule is CC(=N)N1CCC(Oc2ccc(NC(=N)c3ccc4ccc(CNC(=O)OS(N)(=O)=O)cc4c3)cc2)CC1.Cl.Cl. The summed E-state index contributed by atoms with van der Waals surface area (Å²) >= 11 is 0. The van der Waals surface area contributed by atoms with Crippen molar-refractivity contribution in [1.82, 2.24) is 10.2 Å². The first-order valence-corrected chi connectivity index (χ1v) is 13.5. The van der Waals surface area contributed by atoms with Gasteiger partial charge in [-0.1, -0.05) is 24.3 Å². The van der Waals surface area contributed by atoms with Crippen LogP contribution in [0.15, 0.2) is 60.7 Å². The monoisotopic (exact) mass is 610 g/mol. The van der Waals surface area contributed by atoms with E-state index in [1.54, 1.807) is 13.0 Å². The summed E-state index contributed by atoms with van der Waals surface area (Å²) in [5.74, 6) is 1.58. The minimum atomic E-state index is -4.37. The van der Waals surface area contributed by atoms with Gasteiger partial charge in [0.25, 0.3) is 0 Å². The van der Waals surface area contributed by atoms with Crippen molar-refractivity contribution in [2.24, 2.45) is 5.14 Å². The summed E-state index contributed by atoms with van der Waals surface area (Å²) in [6, 6.07) is 18.6. The summed E-state index contributed by atoms with van der Waals surface area (Å²) in [6.45, 7) is 3.50. The Hall–Kier alpha value is -3.58. The number of piperidine rings is 1. The lowest BCUT2D eigenvalue weighted by Gasteiger charge is -2.32. The molecule has 0 saturated carbocycles. The van der Waals surface area contributed by atoms with Gasteiger partial charge < -0.3 is 24.5 Å². The van der Waals surface area contributed by atoms with Crippen LogP contribution in [0.5, 0.6) is 5.75 Å². The molecule has 0 aliphatic carbocycles. The van der Waals surface area contributed by atoms with Crippen molar-refractivity contribution < 1.29 is 22.1 Å². The number of nitrogens with two attached hydrogens (primary N) is 1. The lowest BCUT2D eigenvalue weighted by molar-refractivity contribution is 0.130. The summed E-state index contributed by atoms with van der Waals surface area (Å²) in [5.41, 5.74) is 2.14. The maximum absolute atomic E-state index is 11.5. The van der Waals surface area contributed by atoms with E-state index in [0.29, 0.717) is 11.4 Å². The highest BCUT2D eigenvalue weighted by Gasteiger charge is 2.20. The van der Waals surface area contributed by atoms with Gasteiger partial charge in [0.1, 0.15) is 17.7 Å². The van der Waals surface area contributed by atoms with Crippen LogP contribution in [0.1, 0.15) is 30.9 Å². The molecule has 6 N–H and O–H groups in total. The fourth-order valence-electron chi connectivity index (χ4n) is 4.21. The molecule has 1 heterocycles. The van der Waals surface area contributed by atoms with Gasteiger partial charge in [-0.15, -0.1) is 24.8 Å². The normalized spacial score (nSPS) is 13.4. The Labute approximate surface area is 245 Å². The number of halogens is 2. The van der Waals surface area contributed by atoms with Gasteiger partial charge in [0.05, 0.1) is 5.84 Å². The van der Waals surface area contributed by atoms with E-state index in [-0.39, 0.29) is 43.3 Å². The van der Waals surface area contributed by atoms with Crippen LogP contribution in [-0.4, -0.2) is 50.3 Å². The number of likely N-dealkylation sites (tertiary alicyclic amines) is 1. The van der Waals surface area contributed by atoms with Crippen molar-refractivity contribution in [2.45, 2.75) is 32.4 Å². The number of hydrogen-bond acceptors (Lipinski definition) is 7. The van der Waals surface area contributed by atoms with Crippen molar-refractivity contribution in [3.63, 3.8) is 0 Å². The fraction of sp³-hybridized carbons (Fsp3) is 0.269. The van der Waals surface area contributed by atoms with E-state index in [1.165, 1.54) is 0 Å². The van der Waals surface area contributed by atoms with Crippen LogP contribution >= 0.6 is 24.8 Å². The number of anilines is 1. The fourth-order valence-corrected chi connectivity index (χ4v) is 4.48. The number of amidine groups is 2. The molecule has 14 heteroatoms. The summed E-state index contributed by atoms with van der Waals surface area (Å²) in [4.78, 5) is 13.6. The molecule has 0 aromatic heterocycles. The smallest absolute Gasteiger partial charge is 0.423 e. The van der Waals surface area contributed by atoms with Gasteiger partial charge in [0, 0.05) is 43.7 Å². The van der Waals surface area contributed by atoms with Crippen molar-refractivity contribution in [1.29, 1.82) is 10.8 Å². The van der Waals surface area contributed by atoms with Gasteiger partial charge in [-0.2, -0.15) is 13.6 Å². The Kier molecular flexibility index (Phi) is 11.6. The molecule has 0 radical (unpaired) electrons. The minimum Gasteiger partial charge on any atom is -0.490 e. The van der Waals surface area contributed by atoms with E-state index in [9.17, 15) is 13.2 Å². The van der Waals surface area contributed by atoms with Gasteiger partial charge in [-0.05, 0) is 59.7 Å². The molecule has 40 heavy (non-hydrogen) atoms. The Balaban J connectivity index is 0.00000280. The Morgan fingerprint density at radius 1 is 1.00 bits per heavy atom. The van der Waals surface area contributed by atoms with E-state index in [0.717, 1.165) is 53.7 Å². The number of carbonyl (C=O) groups excluding carboxylic acids is 1. The van der Waals surface area contributed by atoms with Gasteiger partial charge in [0.15, 0.2) is 0 Å². The average Bonchev–Trinajstić information content (AvgIpc) is 2.87. The number of fused-ring (bicyclic) bond motifs is 1. The maximum Gasteiger partial charge on any atom is 0.423 e. The van der Waals surface area contributed by atoms with Crippen LogP contribution in [0.2, 0.25) is 0 Å². The molecule has 0 spiro atoms. The number of ether oxygens (including phenoxy) is 1. The first-order valence-electron chi connectivity index (χ1n) is 12.0. The summed E-state index contributed by atoms with van der Waals surface area (Å²) in [5, 5.41) is 28.2. The predicted molar refractivity (Wildman–Crippen MR) is 160 cm³/mol. The molecule has 3 aromatic rings. The largest absolute Gasteiger partial charge is 0.490 e. The Morgan fingerprint density at radius 2 is 1.65 bits per heavy atom. The number of benzene rings is 3. The van der Waals surface area contributed by atoms with Crippen LogP contribution in [0.4, 0.5) is 10.5 Å². The van der Waals surface area contributed by atoms with Crippen LogP contribution < -0.4 is 20.5 Å². The lowest BCUT2D eigenvalue weighted by Crippen LogP contribution is -2.40. The first-order chi connectivity index (χ1) is 18.1. The zero-order chi connectivity index (χ0) is 27.3. The molecular formula is C26H32Cl2N6O5S. The van der Waals surface area contributed by atoms with Crippen LogP contribution in [0.3, 0.4) is 0 Å². The van der Waals surface area contributed by atoms with Gasteiger partial charge in [-0.3, -0.25) is 10.8 Å². The van der Waals surface area contributed by atoms with Gasteiger partial charge >= 0.3 is 16.4 Å². The molecule has 1 amide bonds. The molecule has 216 valence electrons. The third kappa shape index (κ3) is 9.26. The minimum absolute atomic E-state index is 0. The second kappa shape index (κ2) is 14.2. The number of nitrogens with zero attached hydrogens (tertiary/aromatic N) is 1. The zero-order valence-electron chi connectivity index (χ0n) is 21.7. The van der Waals surface area contributed by atoms with Crippen molar-refractivity contribution in [3.8, 4) is 5.75 Å². The second-order valence-corrected chi connectivity index (χ2v) is 10.2. The van der Waals surface area contributed by atoms with E-state index >= 15 is 0 Å².